The zero-order valence-corrected chi connectivity index (χ0v) is 11.3. The number of hydrogen-bond acceptors (Lipinski definition) is 5. The minimum absolute atomic E-state index is 0.0847. The summed E-state index contributed by atoms with van der Waals surface area (Å²) in [5.74, 6) is 0.0847. The SMILES string of the molecule is COCC(O)CN(C)Cc1ccccc1C(N)=NO. The molecule has 0 aliphatic heterocycles. The van der Waals surface area contributed by atoms with E-state index in [-0.39, 0.29) is 5.84 Å². The minimum atomic E-state index is -0.536. The third-order valence-corrected chi connectivity index (χ3v) is 2.72. The molecular formula is C13H21N3O3. The average Bonchev–Trinajstić information content (AvgIpc) is 2.38. The van der Waals surface area contributed by atoms with Gasteiger partial charge in [-0.3, -0.25) is 4.90 Å². The molecule has 0 aromatic heterocycles. The standard InChI is InChI=1S/C13H21N3O3/c1-16(8-11(17)9-19-2)7-10-5-3-4-6-12(10)13(14)15-18/h3-6,11,17-18H,7-9H2,1-2H3,(H2,14,15). The van der Waals surface area contributed by atoms with Crippen LogP contribution in [0.5, 0.6) is 0 Å². The fourth-order valence-corrected chi connectivity index (χ4v) is 1.92. The molecule has 6 heteroatoms. The van der Waals surface area contributed by atoms with Crippen LogP contribution < -0.4 is 5.73 Å². The molecule has 0 saturated heterocycles. The van der Waals surface area contributed by atoms with Crippen LogP contribution in [0.4, 0.5) is 0 Å². The van der Waals surface area contributed by atoms with Crippen LogP contribution in [-0.4, -0.2) is 54.5 Å². The first kappa shape index (κ1) is 15.4. The smallest absolute Gasteiger partial charge is 0.170 e. The molecule has 106 valence electrons. The summed E-state index contributed by atoms with van der Waals surface area (Å²) >= 11 is 0. The number of amidine groups is 1. The monoisotopic (exact) mass is 267 g/mol. The number of benzene rings is 1. The topological polar surface area (TPSA) is 91.3 Å². The highest BCUT2D eigenvalue weighted by atomic mass is 16.5. The third kappa shape index (κ3) is 4.86. The molecule has 0 bridgehead atoms. The molecule has 0 spiro atoms. The number of ether oxygens (including phenoxy) is 1. The Bertz CT molecular complexity index is 423. The van der Waals surface area contributed by atoms with Crippen molar-refractivity contribution >= 4 is 5.84 Å². The van der Waals surface area contributed by atoms with E-state index in [2.05, 4.69) is 5.16 Å². The Labute approximate surface area is 113 Å². The van der Waals surface area contributed by atoms with Gasteiger partial charge in [0.15, 0.2) is 5.84 Å². The predicted octanol–water partition coefficient (Wildman–Crippen LogP) is 0.220. The van der Waals surface area contributed by atoms with E-state index < -0.39 is 6.10 Å². The van der Waals surface area contributed by atoms with E-state index in [4.69, 9.17) is 15.7 Å². The van der Waals surface area contributed by atoms with Crippen molar-refractivity contribution in [1.82, 2.24) is 4.90 Å². The molecule has 1 atom stereocenters. The lowest BCUT2D eigenvalue weighted by atomic mass is 10.1. The Morgan fingerprint density at radius 2 is 2.16 bits per heavy atom. The van der Waals surface area contributed by atoms with Crippen LogP contribution in [0.25, 0.3) is 0 Å². The van der Waals surface area contributed by atoms with Crippen molar-refractivity contribution in [3.63, 3.8) is 0 Å². The van der Waals surface area contributed by atoms with Crippen LogP contribution in [0.1, 0.15) is 11.1 Å². The van der Waals surface area contributed by atoms with Crippen molar-refractivity contribution in [2.75, 3.05) is 27.3 Å². The molecule has 1 unspecified atom stereocenters. The molecule has 0 amide bonds. The summed E-state index contributed by atoms with van der Waals surface area (Å²) in [7, 11) is 3.44. The molecule has 1 aromatic rings. The van der Waals surface area contributed by atoms with Crippen LogP contribution in [0.3, 0.4) is 0 Å². The van der Waals surface area contributed by atoms with Gasteiger partial charge >= 0.3 is 0 Å². The maximum absolute atomic E-state index is 9.67. The summed E-state index contributed by atoms with van der Waals surface area (Å²) in [5, 5.41) is 21.4. The molecule has 0 heterocycles. The molecular weight excluding hydrogens is 246 g/mol. The van der Waals surface area contributed by atoms with Crippen molar-refractivity contribution in [3.05, 3.63) is 35.4 Å². The van der Waals surface area contributed by atoms with Crippen molar-refractivity contribution in [2.45, 2.75) is 12.6 Å². The van der Waals surface area contributed by atoms with Crippen LogP contribution >= 0.6 is 0 Å². The summed E-state index contributed by atoms with van der Waals surface area (Å²) in [6.45, 7) is 1.37. The van der Waals surface area contributed by atoms with Crippen molar-refractivity contribution in [1.29, 1.82) is 0 Å². The van der Waals surface area contributed by atoms with E-state index in [0.29, 0.717) is 25.3 Å². The van der Waals surface area contributed by atoms with Gasteiger partial charge in [0, 0.05) is 25.8 Å². The van der Waals surface area contributed by atoms with E-state index in [1.54, 1.807) is 13.2 Å². The van der Waals surface area contributed by atoms with Crippen LogP contribution in [-0.2, 0) is 11.3 Å². The molecule has 6 nitrogen and oxygen atoms in total. The maximum atomic E-state index is 9.67. The van der Waals surface area contributed by atoms with Gasteiger partial charge in [0.1, 0.15) is 0 Å². The van der Waals surface area contributed by atoms with E-state index in [9.17, 15) is 5.11 Å². The number of aliphatic hydroxyl groups excluding tert-OH is 1. The molecule has 1 aromatic carbocycles. The Morgan fingerprint density at radius 1 is 1.47 bits per heavy atom. The second-order valence-corrected chi connectivity index (χ2v) is 4.45. The summed E-state index contributed by atoms with van der Waals surface area (Å²) in [6.07, 6.45) is -0.536. The molecule has 4 N–H and O–H groups in total. The van der Waals surface area contributed by atoms with Gasteiger partial charge in [-0.15, -0.1) is 0 Å². The first-order chi connectivity index (χ1) is 9.08. The number of nitrogens with zero attached hydrogens (tertiary/aromatic N) is 2. The van der Waals surface area contributed by atoms with Crippen LogP contribution in [0.15, 0.2) is 29.4 Å². The van der Waals surface area contributed by atoms with E-state index in [0.717, 1.165) is 5.56 Å². The van der Waals surface area contributed by atoms with Gasteiger partial charge < -0.3 is 20.8 Å². The average molecular weight is 267 g/mol. The van der Waals surface area contributed by atoms with Gasteiger partial charge in [0.2, 0.25) is 0 Å². The summed E-state index contributed by atoms with van der Waals surface area (Å²) < 4.78 is 4.89. The highest BCUT2D eigenvalue weighted by Gasteiger charge is 2.11. The molecule has 0 saturated carbocycles. The molecule has 0 radical (unpaired) electrons. The first-order valence-electron chi connectivity index (χ1n) is 5.99. The number of rotatable bonds is 7. The Balaban J connectivity index is 2.71. The Hall–Kier alpha value is -1.63. The van der Waals surface area contributed by atoms with Gasteiger partial charge in [0.05, 0.1) is 12.7 Å². The van der Waals surface area contributed by atoms with Crippen molar-refractivity contribution in [3.8, 4) is 0 Å². The van der Waals surface area contributed by atoms with Gasteiger partial charge in [-0.25, -0.2) is 0 Å². The van der Waals surface area contributed by atoms with Gasteiger partial charge in [-0.1, -0.05) is 29.4 Å². The summed E-state index contributed by atoms with van der Waals surface area (Å²) in [5.41, 5.74) is 7.26. The van der Waals surface area contributed by atoms with Gasteiger partial charge in [0.25, 0.3) is 0 Å². The molecule has 1 rings (SSSR count). The fraction of sp³-hybridized carbons (Fsp3) is 0.462. The normalized spacial score (nSPS) is 13.8. The van der Waals surface area contributed by atoms with E-state index in [1.165, 1.54) is 0 Å². The second kappa shape index (κ2) is 7.73. The predicted molar refractivity (Wildman–Crippen MR) is 73.2 cm³/mol. The maximum Gasteiger partial charge on any atom is 0.170 e. The van der Waals surface area contributed by atoms with Crippen molar-refractivity contribution in [2.24, 2.45) is 10.9 Å². The zero-order valence-electron chi connectivity index (χ0n) is 11.3. The molecule has 0 aliphatic carbocycles. The zero-order chi connectivity index (χ0) is 14.3. The first-order valence-corrected chi connectivity index (χ1v) is 5.99. The highest BCUT2D eigenvalue weighted by Crippen LogP contribution is 2.11. The Morgan fingerprint density at radius 3 is 2.79 bits per heavy atom. The lowest BCUT2D eigenvalue weighted by molar-refractivity contribution is 0.0419. The lowest BCUT2D eigenvalue weighted by Gasteiger charge is -2.21. The lowest BCUT2D eigenvalue weighted by Crippen LogP contribution is -2.32. The fourth-order valence-electron chi connectivity index (χ4n) is 1.92. The van der Waals surface area contributed by atoms with Crippen LogP contribution in [0.2, 0.25) is 0 Å². The summed E-state index contributed by atoms with van der Waals surface area (Å²) in [6, 6.07) is 7.43. The number of oxime groups is 1. The van der Waals surface area contributed by atoms with Crippen molar-refractivity contribution < 1.29 is 15.1 Å². The Kier molecular flexibility index (Phi) is 6.27. The third-order valence-electron chi connectivity index (χ3n) is 2.72. The number of hydrogen-bond donors (Lipinski definition) is 3. The second-order valence-electron chi connectivity index (χ2n) is 4.45. The highest BCUT2D eigenvalue weighted by molar-refractivity contribution is 5.98. The largest absolute Gasteiger partial charge is 0.409 e. The number of methoxy groups -OCH3 is 1. The molecule has 0 aliphatic rings. The molecule has 0 fully saturated rings. The number of likely N-dealkylation sites (N-methyl/N-ethyl adjacent to an activating group) is 1. The summed E-state index contributed by atoms with van der Waals surface area (Å²) in [4.78, 5) is 1.95. The van der Waals surface area contributed by atoms with E-state index in [1.807, 2.05) is 30.1 Å². The quantitative estimate of drug-likeness (QED) is 0.284. The van der Waals surface area contributed by atoms with Gasteiger partial charge in [-0.2, -0.15) is 0 Å². The molecule has 19 heavy (non-hydrogen) atoms. The number of nitrogens with two attached hydrogens (primary N) is 1. The van der Waals surface area contributed by atoms with E-state index >= 15 is 0 Å². The minimum Gasteiger partial charge on any atom is -0.409 e. The van der Waals surface area contributed by atoms with Crippen LogP contribution in [0, 0.1) is 0 Å². The van der Waals surface area contributed by atoms with Gasteiger partial charge in [-0.05, 0) is 12.6 Å². The number of aliphatic hydroxyl groups is 1.